The highest BCUT2D eigenvalue weighted by Crippen LogP contribution is 2.31. The van der Waals surface area contributed by atoms with Crippen molar-refractivity contribution in [3.8, 4) is 17.2 Å². The summed E-state index contributed by atoms with van der Waals surface area (Å²) in [7, 11) is 1.42. The number of esters is 2. The lowest BCUT2D eigenvalue weighted by Gasteiger charge is -2.13. The Morgan fingerprint density at radius 2 is 1.67 bits per heavy atom. The van der Waals surface area contributed by atoms with Crippen molar-refractivity contribution in [1.29, 1.82) is 0 Å². The van der Waals surface area contributed by atoms with Gasteiger partial charge in [0.05, 0.1) is 12.7 Å². The van der Waals surface area contributed by atoms with Gasteiger partial charge in [0, 0.05) is 6.08 Å². The topological polar surface area (TPSA) is 61.8 Å². The molecule has 5 heteroatoms. The maximum Gasteiger partial charge on any atom is 0.343 e. The highest BCUT2D eigenvalue weighted by atomic mass is 16.6. The summed E-state index contributed by atoms with van der Waals surface area (Å²) in [6.07, 6.45) is 1.05. The number of hydrogen-bond donors (Lipinski definition) is 0. The zero-order valence-corrected chi connectivity index (χ0v) is 13.8. The summed E-state index contributed by atoms with van der Waals surface area (Å²) in [5.41, 5.74) is 1.78. The third-order valence-electron chi connectivity index (χ3n) is 3.40. The van der Waals surface area contributed by atoms with Gasteiger partial charge >= 0.3 is 11.9 Å². The van der Waals surface area contributed by atoms with Crippen LogP contribution in [0.2, 0.25) is 0 Å². The van der Waals surface area contributed by atoms with E-state index < -0.39 is 11.9 Å². The molecule has 0 saturated heterocycles. The summed E-state index contributed by atoms with van der Waals surface area (Å²) < 4.78 is 15.7. The van der Waals surface area contributed by atoms with Crippen molar-refractivity contribution in [2.45, 2.75) is 13.8 Å². The smallest absolute Gasteiger partial charge is 0.343 e. The van der Waals surface area contributed by atoms with E-state index in [1.165, 1.54) is 13.2 Å². The second-order valence-corrected chi connectivity index (χ2v) is 5.10. The molecule has 0 atom stereocenters. The fourth-order valence-electron chi connectivity index (χ4n) is 2.10. The van der Waals surface area contributed by atoms with Crippen molar-refractivity contribution in [3.05, 3.63) is 65.7 Å². The molecule has 0 aromatic heterocycles. The van der Waals surface area contributed by atoms with E-state index in [9.17, 15) is 9.59 Å². The van der Waals surface area contributed by atoms with Gasteiger partial charge in [0.2, 0.25) is 0 Å². The van der Waals surface area contributed by atoms with Gasteiger partial charge in [-0.2, -0.15) is 0 Å². The molecule has 5 nitrogen and oxygen atoms in total. The van der Waals surface area contributed by atoms with E-state index in [4.69, 9.17) is 14.2 Å². The number of ether oxygens (including phenoxy) is 3. The molecule has 0 aliphatic heterocycles. The zero-order chi connectivity index (χ0) is 17.7. The highest BCUT2D eigenvalue weighted by molar-refractivity contribution is 5.94. The first-order chi connectivity index (χ1) is 11.5. The van der Waals surface area contributed by atoms with E-state index in [0.29, 0.717) is 16.9 Å². The lowest BCUT2D eigenvalue weighted by Crippen LogP contribution is -2.12. The SMILES string of the molecule is C=CC(=O)Oc1cc(C)c(C(=O)Oc2ccccc2C)cc1OC. The van der Waals surface area contributed by atoms with E-state index >= 15 is 0 Å². The number of carbonyl (C=O) groups excluding carboxylic acids is 2. The van der Waals surface area contributed by atoms with E-state index in [1.54, 1.807) is 25.1 Å². The Balaban J connectivity index is 2.33. The second kappa shape index (κ2) is 7.46. The van der Waals surface area contributed by atoms with Crippen LogP contribution in [0.5, 0.6) is 17.2 Å². The maximum absolute atomic E-state index is 12.4. The summed E-state index contributed by atoms with van der Waals surface area (Å²) >= 11 is 0. The van der Waals surface area contributed by atoms with Crippen molar-refractivity contribution in [3.63, 3.8) is 0 Å². The van der Waals surface area contributed by atoms with Gasteiger partial charge in [-0.25, -0.2) is 9.59 Å². The number of benzene rings is 2. The molecule has 0 unspecified atom stereocenters. The predicted molar refractivity (Wildman–Crippen MR) is 89.7 cm³/mol. The number of rotatable bonds is 5. The number of carbonyl (C=O) groups is 2. The molecule has 0 radical (unpaired) electrons. The minimum absolute atomic E-state index is 0.215. The van der Waals surface area contributed by atoms with Crippen LogP contribution in [0.25, 0.3) is 0 Å². The van der Waals surface area contributed by atoms with Gasteiger partial charge in [-0.1, -0.05) is 24.8 Å². The van der Waals surface area contributed by atoms with Gasteiger partial charge in [0.1, 0.15) is 5.75 Å². The molecule has 0 spiro atoms. The molecule has 0 aliphatic carbocycles. The van der Waals surface area contributed by atoms with Gasteiger partial charge in [0.15, 0.2) is 11.5 Å². The van der Waals surface area contributed by atoms with Gasteiger partial charge in [0.25, 0.3) is 0 Å². The molecular formula is C19H18O5. The molecule has 124 valence electrons. The molecular weight excluding hydrogens is 308 g/mol. The van der Waals surface area contributed by atoms with Crippen molar-refractivity contribution in [2.75, 3.05) is 7.11 Å². The molecule has 2 rings (SSSR count). The van der Waals surface area contributed by atoms with Gasteiger partial charge in [-0.05, 0) is 43.2 Å². The summed E-state index contributed by atoms with van der Waals surface area (Å²) in [6, 6.07) is 10.3. The summed E-state index contributed by atoms with van der Waals surface area (Å²) in [5, 5.41) is 0. The minimum atomic E-state index is -0.608. The van der Waals surface area contributed by atoms with Crippen LogP contribution in [-0.2, 0) is 4.79 Å². The first-order valence-corrected chi connectivity index (χ1v) is 7.27. The summed E-state index contributed by atoms with van der Waals surface area (Å²) in [4.78, 5) is 23.8. The van der Waals surface area contributed by atoms with Crippen LogP contribution in [-0.4, -0.2) is 19.0 Å². The number of aryl methyl sites for hydroxylation is 2. The Hall–Kier alpha value is -3.08. The van der Waals surface area contributed by atoms with Crippen molar-refractivity contribution in [2.24, 2.45) is 0 Å². The molecule has 24 heavy (non-hydrogen) atoms. The second-order valence-electron chi connectivity index (χ2n) is 5.10. The molecule has 2 aromatic carbocycles. The average molecular weight is 326 g/mol. The quantitative estimate of drug-likeness (QED) is 0.477. The van der Waals surface area contributed by atoms with Crippen LogP contribution >= 0.6 is 0 Å². The summed E-state index contributed by atoms with van der Waals surface area (Å²) in [6.45, 7) is 6.92. The van der Waals surface area contributed by atoms with Crippen molar-refractivity contribution >= 4 is 11.9 Å². The number of para-hydroxylation sites is 1. The average Bonchev–Trinajstić information content (AvgIpc) is 2.57. The lowest BCUT2D eigenvalue weighted by atomic mass is 10.1. The molecule has 0 N–H and O–H groups in total. The van der Waals surface area contributed by atoms with Crippen molar-refractivity contribution in [1.82, 2.24) is 0 Å². The first kappa shape index (κ1) is 17.3. The molecule has 0 saturated carbocycles. The molecule has 0 heterocycles. The predicted octanol–water partition coefficient (Wildman–Crippen LogP) is 3.62. The summed E-state index contributed by atoms with van der Waals surface area (Å²) in [5.74, 6) is -0.160. The lowest BCUT2D eigenvalue weighted by molar-refractivity contribution is -0.129. The van der Waals surface area contributed by atoms with E-state index in [-0.39, 0.29) is 11.5 Å². The van der Waals surface area contributed by atoms with Crippen LogP contribution in [0, 0.1) is 13.8 Å². The van der Waals surface area contributed by atoms with E-state index in [0.717, 1.165) is 11.6 Å². The van der Waals surface area contributed by atoms with Crippen LogP contribution in [0.4, 0.5) is 0 Å². The van der Waals surface area contributed by atoms with E-state index in [2.05, 4.69) is 6.58 Å². The van der Waals surface area contributed by atoms with Crippen LogP contribution in [0.3, 0.4) is 0 Å². The molecule has 2 aromatic rings. The van der Waals surface area contributed by atoms with Crippen molar-refractivity contribution < 1.29 is 23.8 Å². The normalized spacial score (nSPS) is 9.96. The standard InChI is InChI=1S/C19H18O5/c1-5-18(20)23-17-10-13(3)14(11-16(17)22-4)19(21)24-15-9-7-6-8-12(15)2/h5-11H,1H2,2-4H3. The third-order valence-corrected chi connectivity index (χ3v) is 3.40. The third kappa shape index (κ3) is 3.81. The number of hydrogen-bond acceptors (Lipinski definition) is 5. The molecule has 0 aliphatic rings. The van der Waals surface area contributed by atoms with Crippen LogP contribution in [0.15, 0.2) is 49.1 Å². The zero-order valence-electron chi connectivity index (χ0n) is 13.8. The minimum Gasteiger partial charge on any atom is -0.493 e. The Morgan fingerprint density at radius 1 is 0.958 bits per heavy atom. The van der Waals surface area contributed by atoms with E-state index in [1.807, 2.05) is 19.1 Å². The fourth-order valence-corrected chi connectivity index (χ4v) is 2.10. The monoisotopic (exact) mass is 326 g/mol. The van der Waals surface area contributed by atoms with Crippen LogP contribution in [0.1, 0.15) is 21.5 Å². The first-order valence-electron chi connectivity index (χ1n) is 7.27. The molecule has 0 amide bonds. The Morgan fingerprint density at radius 3 is 2.29 bits per heavy atom. The Bertz CT molecular complexity index is 792. The van der Waals surface area contributed by atoms with Gasteiger partial charge in [-0.3, -0.25) is 0 Å². The Labute approximate surface area is 140 Å². The van der Waals surface area contributed by atoms with Gasteiger partial charge < -0.3 is 14.2 Å². The molecule has 0 fully saturated rings. The molecule has 0 bridgehead atoms. The number of methoxy groups -OCH3 is 1. The van der Waals surface area contributed by atoms with Crippen LogP contribution < -0.4 is 14.2 Å². The Kier molecular flexibility index (Phi) is 5.37. The maximum atomic E-state index is 12.4. The fraction of sp³-hybridized carbons (Fsp3) is 0.158. The highest BCUT2D eigenvalue weighted by Gasteiger charge is 2.18. The largest absolute Gasteiger partial charge is 0.493 e. The van der Waals surface area contributed by atoms with Gasteiger partial charge in [-0.15, -0.1) is 0 Å².